The van der Waals surface area contributed by atoms with E-state index in [4.69, 9.17) is 4.74 Å². The predicted octanol–water partition coefficient (Wildman–Crippen LogP) is 3.76. The molecule has 0 spiro atoms. The van der Waals surface area contributed by atoms with Crippen LogP contribution in [0.1, 0.15) is 23.7 Å². The summed E-state index contributed by atoms with van der Waals surface area (Å²) in [5, 5.41) is 0. The summed E-state index contributed by atoms with van der Waals surface area (Å²) in [4.78, 5) is 19.2. The number of ether oxygens (including phenoxy) is 1. The zero-order valence-electron chi connectivity index (χ0n) is 19.0. The van der Waals surface area contributed by atoms with E-state index in [9.17, 15) is 4.79 Å². The number of anilines is 2. The Morgan fingerprint density at radius 2 is 1.78 bits per heavy atom. The van der Waals surface area contributed by atoms with Crippen LogP contribution in [0, 0.1) is 5.92 Å². The third-order valence-electron chi connectivity index (χ3n) is 6.03. The molecule has 2 aromatic carbocycles. The van der Waals surface area contributed by atoms with Crippen LogP contribution in [0.3, 0.4) is 0 Å². The molecular weight excluding hydrogens is 422 g/mol. The Kier molecular flexibility index (Phi) is 7.22. The summed E-state index contributed by atoms with van der Waals surface area (Å²) in [6, 6.07) is 13.9. The van der Waals surface area contributed by atoms with E-state index in [1.54, 1.807) is 0 Å². The molecule has 0 N–H and O–H groups in total. The number of hydrogen-bond donors (Lipinski definition) is 0. The van der Waals surface area contributed by atoms with Gasteiger partial charge in [0.15, 0.2) is 0 Å². The highest BCUT2D eigenvalue weighted by molar-refractivity contribution is 7.00. The molecule has 3 aromatic rings. The molecule has 1 atom stereocenters. The number of carbonyl (C=O) groups is 1. The van der Waals surface area contributed by atoms with Gasteiger partial charge in [0.2, 0.25) is 0 Å². The number of benzene rings is 2. The van der Waals surface area contributed by atoms with E-state index >= 15 is 0 Å². The fourth-order valence-electron chi connectivity index (χ4n) is 3.88. The van der Waals surface area contributed by atoms with Crippen LogP contribution in [-0.4, -0.2) is 73.0 Å². The first-order valence-electron chi connectivity index (χ1n) is 11.1. The van der Waals surface area contributed by atoms with Crippen molar-refractivity contribution >= 4 is 40.1 Å². The maximum atomic E-state index is 12.3. The molecule has 32 heavy (non-hydrogen) atoms. The number of carbonyl (C=O) groups excluding carboxylic acids is 1. The predicted molar refractivity (Wildman–Crippen MR) is 131 cm³/mol. The average molecular weight is 454 g/mol. The van der Waals surface area contributed by atoms with E-state index in [1.807, 2.05) is 43.3 Å². The van der Waals surface area contributed by atoms with Gasteiger partial charge in [0.1, 0.15) is 11.0 Å². The van der Waals surface area contributed by atoms with E-state index in [1.165, 1.54) is 17.4 Å². The first kappa shape index (κ1) is 22.5. The Bertz CT molecular complexity index is 1030. The van der Waals surface area contributed by atoms with E-state index in [0.717, 1.165) is 55.9 Å². The van der Waals surface area contributed by atoms with E-state index in [-0.39, 0.29) is 5.97 Å². The average Bonchev–Trinajstić information content (AvgIpc) is 3.29. The van der Waals surface area contributed by atoms with Crippen molar-refractivity contribution in [3.05, 3.63) is 48.0 Å². The van der Waals surface area contributed by atoms with Gasteiger partial charge in [-0.05, 0) is 61.3 Å². The van der Waals surface area contributed by atoms with Gasteiger partial charge in [-0.3, -0.25) is 4.90 Å². The first-order chi connectivity index (χ1) is 15.5. The van der Waals surface area contributed by atoms with Crippen LogP contribution in [-0.2, 0) is 4.74 Å². The Hall–Kier alpha value is -2.71. The quantitative estimate of drug-likeness (QED) is 0.481. The zero-order chi connectivity index (χ0) is 22.5. The van der Waals surface area contributed by atoms with Crippen molar-refractivity contribution in [2.45, 2.75) is 13.3 Å². The van der Waals surface area contributed by atoms with Crippen LogP contribution in [0.25, 0.3) is 11.0 Å². The van der Waals surface area contributed by atoms with E-state index in [2.05, 4.69) is 43.7 Å². The smallest absolute Gasteiger partial charge is 0.338 e. The molecule has 0 bridgehead atoms. The number of rotatable bonds is 8. The second kappa shape index (κ2) is 10.3. The fraction of sp³-hybridized carbons (Fsp3) is 0.458. The van der Waals surface area contributed by atoms with Crippen LogP contribution in [0.5, 0.6) is 0 Å². The largest absolute Gasteiger partial charge is 0.462 e. The molecule has 0 amide bonds. The van der Waals surface area contributed by atoms with Crippen molar-refractivity contribution < 1.29 is 9.53 Å². The molecule has 0 saturated carbocycles. The molecule has 1 saturated heterocycles. The summed E-state index contributed by atoms with van der Waals surface area (Å²) in [5.41, 5.74) is 4.84. The van der Waals surface area contributed by atoms with Crippen LogP contribution < -0.4 is 9.80 Å². The number of aromatic nitrogens is 2. The van der Waals surface area contributed by atoms with Crippen LogP contribution >= 0.6 is 11.7 Å². The third kappa shape index (κ3) is 5.55. The second-order valence-electron chi connectivity index (χ2n) is 8.70. The van der Waals surface area contributed by atoms with Crippen molar-refractivity contribution in [3.63, 3.8) is 0 Å². The molecule has 1 aromatic heterocycles. The van der Waals surface area contributed by atoms with Crippen molar-refractivity contribution in [1.29, 1.82) is 0 Å². The molecule has 2 heterocycles. The standard InChI is InChI=1S/C24H31N5O2S/c1-18(17-31-24(30)19-4-6-20(7-5-19)27(2)3)10-11-28-12-14-29(15-13-28)21-8-9-22-23(16-21)26-32-25-22/h4-9,16,18H,10-15,17H2,1-3H3/t18-/m1/s1. The number of fused-ring (bicyclic) bond motifs is 1. The summed E-state index contributed by atoms with van der Waals surface area (Å²) < 4.78 is 14.2. The summed E-state index contributed by atoms with van der Waals surface area (Å²) in [6.07, 6.45) is 1.02. The van der Waals surface area contributed by atoms with Crippen molar-refractivity contribution in [2.24, 2.45) is 5.92 Å². The van der Waals surface area contributed by atoms with Crippen molar-refractivity contribution in [1.82, 2.24) is 13.6 Å². The molecule has 1 fully saturated rings. The Labute approximate surface area is 193 Å². The molecule has 1 aliphatic heterocycles. The maximum absolute atomic E-state index is 12.3. The molecule has 8 heteroatoms. The molecule has 7 nitrogen and oxygen atoms in total. The van der Waals surface area contributed by atoms with Gasteiger partial charge in [0.05, 0.1) is 23.9 Å². The zero-order valence-corrected chi connectivity index (χ0v) is 19.8. The van der Waals surface area contributed by atoms with Crippen molar-refractivity contribution in [2.75, 3.05) is 63.2 Å². The topological polar surface area (TPSA) is 61.8 Å². The van der Waals surface area contributed by atoms with Gasteiger partial charge >= 0.3 is 5.97 Å². The summed E-state index contributed by atoms with van der Waals surface area (Å²) in [5.74, 6) is 0.0839. The van der Waals surface area contributed by atoms with E-state index < -0.39 is 0 Å². The van der Waals surface area contributed by atoms with Gasteiger partial charge < -0.3 is 14.5 Å². The van der Waals surface area contributed by atoms with Gasteiger partial charge in [-0.1, -0.05) is 6.92 Å². The van der Waals surface area contributed by atoms with Gasteiger partial charge in [0, 0.05) is 51.6 Å². The summed E-state index contributed by atoms with van der Waals surface area (Å²) in [7, 11) is 3.96. The lowest BCUT2D eigenvalue weighted by Gasteiger charge is -2.36. The minimum Gasteiger partial charge on any atom is -0.462 e. The number of nitrogens with zero attached hydrogens (tertiary/aromatic N) is 5. The molecular formula is C24H31N5O2S. The van der Waals surface area contributed by atoms with Crippen LogP contribution in [0.2, 0.25) is 0 Å². The lowest BCUT2D eigenvalue weighted by atomic mass is 10.1. The molecule has 0 radical (unpaired) electrons. The molecule has 170 valence electrons. The number of hydrogen-bond acceptors (Lipinski definition) is 8. The maximum Gasteiger partial charge on any atom is 0.338 e. The highest BCUT2D eigenvalue weighted by atomic mass is 32.1. The van der Waals surface area contributed by atoms with Gasteiger partial charge in [0.25, 0.3) is 0 Å². The lowest BCUT2D eigenvalue weighted by Crippen LogP contribution is -2.46. The Morgan fingerprint density at radius 1 is 1.06 bits per heavy atom. The Morgan fingerprint density at radius 3 is 2.50 bits per heavy atom. The summed E-state index contributed by atoms with van der Waals surface area (Å²) in [6.45, 7) is 7.73. The molecule has 0 unspecified atom stereocenters. The first-order valence-corrected chi connectivity index (χ1v) is 11.9. The van der Waals surface area contributed by atoms with Crippen LogP contribution in [0.15, 0.2) is 42.5 Å². The Balaban J connectivity index is 1.17. The fourth-order valence-corrected chi connectivity index (χ4v) is 4.40. The monoisotopic (exact) mass is 453 g/mol. The van der Waals surface area contributed by atoms with Gasteiger partial charge in [-0.25, -0.2) is 4.79 Å². The highest BCUT2D eigenvalue weighted by Crippen LogP contribution is 2.22. The number of esters is 1. The minimum atomic E-state index is -0.247. The normalized spacial score (nSPS) is 15.7. The minimum absolute atomic E-state index is 0.247. The number of piperazine rings is 1. The SMILES string of the molecule is C[C@H](CCN1CCN(c2ccc3nsnc3c2)CC1)COC(=O)c1ccc(N(C)C)cc1. The molecule has 1 aliphatic rings. The second-order valence-corrected chi connectivity index (χ2v) is 9.23. The lowest BCUT2D eigenvalue weighted by molar-refractivity contribution is 0.0436. The summed E-state index contributed by atoms with van der Waals surface area (Å²) >= 11 is 1.26. The molecule has 0 aliphatic carbocycles. The van der Waals surface area contributed by atoms with Crippen molar-refractivity contribution in [3.8, 4) is 0 Å². The van der Waals surface area contributed by atoms with Gasteiger partial charge in [-0.2, -0.15) is 8.75 Å². The van der Waals surface area contributed by atoms with Crippen LogP contribution in [0.4, 0.5) is 11.4 Å². The van der Waals surface area contributed by atoms with Gasteiger partial charge in [-0.15, -0.1) is 0 Å². The third-order valence-corrected chi connectivity index (χ3v) is 6.59. The highest BCUT2D eigenvalue weighted by Gasteiger charge is 2.19. The molecule has 4 rings (SSSR count). The van der Waals surface area contributed by atoms with E-state index in [0.29, 0.717) is 18.1 Å².